The van der Waals surface area contributed by atoms with E-state index in [-0.39, 0.29) is 5.41 Å². The monoisotopic (exact) mass is 163 g/mol. The molecule has 0 fully saturated rings. The largest absolute Gasteiger partial charge is 0.496 e. The van der Waals surface area contributed by atoms with E-state index in [1.807, 2.05) is 12.1 Å². The summed E-state index contributed by atoms with van der Waals surface area (Å²) < 4.78 is 5.09. The normalized spacial score (nSPS) is 11.3. The van der Waals surface area contributed by atoms with Gasteiger partial charge in [0, 0.05) is 6.07 Å². The molecule has 0 heterocycles. The van der Waals surface area contributed by atoms with Crippen LogP contribution in [0.3, 0.4) is 0 Å². The van der Waals surface area contributed by atoms with E-state index in [9.17, 15) is 0 Å². The average molecular weight is 163 g/mol. The van der Waals surface area contributed by atoms with Crippen molar-refractivity contribution >= 4 is 0 Å². The third kappa shape index (κ3) is 2.00. The Labute approximate surface area is 74.4 Å². The molecule has 1 radical (unpaired) electrons. The maximum absolute atomic E-state index is 5.09. The lowest BCUT2D eigenvalue weighted by Crippen LogP contribution is -2.10. The summed E-state index contributed by atoms with van der Waals surface area (Å²) in [5.74, 6) is 0.808. The van der Waals surface area contributed by atoms with Gasteiger partial charge in [0.1, 0.15) is 5.75 Å². The lowest BCUT2D eigenvalue weighted by Gasteiger charge is -2.19. The van der Waals surface area contributed by atoms with Crippen LogP contribution in [0.5, 0.6) is 5.75 Å². The van der Waals surface area contributed by atoms with Crippen LogP contribution in [0.1, 0.15) is 26.3 Å². The number of methoxy groups -OCH3 is 1. The predicted octanol–water partition coefficient (Wildman–Crippen LogP) is 2.79. The van der Waals surface area contributed by atoms with Crippen molar-refractivity contribution in [1.82, 2.24) is 0 Å². The maximum Gasteiger partial charge on any atom is 0.127 e. The Bertz CT molecular complexity index is 258. The molecule has 0 spiro atoms. The Hall–Kier alpha value is -0.980. The number of ether oxygens (including phenoxy) is 1. The second kappa shape index (κ2) is 3.18. The van der Waals surface area contributed by atoms with Crippen molar-refractivity contribution < 1.29 is 4.74 Å². The molecule has 0 atom stereocenters. The van der Waals surface area contributed by atoms with Crippen LogP contribution in [0.15, 0.2) is 18.2 Å². The van der Waals surface area contributed by atoms with Gasteiger partial charge >= 0.3 is 0 Å². The number of hydrogen-bond donors (Lipinski definition) is 0. The van der Waals surface area contributed by atoms with Gasteiger partial charge in [-0.25, -0.2) is 0 Å². The predicted molar refractivity (Wildman–Crippen MR) is 50.5 cm³/mol. The number of rotatable bonds is 1. The lowest BCUT2D eigenvalue weighted by atomic mass is 9.87. The van der Waals surface area contributed by atoms with Gasteiger partial charge in [-0.05, 0) is 17.0 Å². The van der Waals surface area contributed by atoms with Crippen LogP contribution in [0.25, 0.3) is 0 Å². The van der Waals surface area contributed by atoms with Crippen LogP contribution in [0.2, 0.25) is 0 Å². The maximum atomic E-state index is 5.09. The Kier molecular flexibility index (Phi) is 2.41. The van der Waals surface area contributed by atoms with E-state index in [1.54, 1.807) is 7.11 Å². The van der Waals surface area contributed by atoms with E-state index in [0.29, 0.717) is 0 Å². The van der Waals surface area contributed by atoms with Gasteiger partial charge in [-0.3, -0.25) is 0 Å². The molecule has 0 aliphatic rings. The molecule has 0 saturated carbocycles. The molecule has 1 nitrogen and oxygen atoms in total. The molecule has 0 bridgehead atoms. The quantitative estimate of drug-likeness (QED) is 0.618. The van der Waals surface area contributed by atoms with Crippen LogP contribution in [-0.4, -0.2) is 7.11 Å². The molecular weight excluding hydrogens is 148 g/mol. The number of hydrogen-bond acceptors (Lipinski definition) is 1. The highest BCUT2D eigenvalue weighted by atomic mass is 16.5. The zero-order valence-corrected chi connectivity index (χ0v) is 8.14. The fourth-order valence-electron chi connectivity index (χ4n) is 1.03. The van der Waals surface area contributed by atoms with E-state index in [2.05, 4.69) is 32.9 Å². The van der Waals surface area contributed by atoms with Gasteiger partial charge in [-0.15, -0.1) is 0 Å². The molecule has 0 N–H and O–H groups in total. The molecule has 65 valence electrons. The van der Waals surface area contributed by atoms with Gasteiger partial charge in [-0.1, -0.05) is 32.9 Å². The highest BCUT2D eigenvalue weighted by Gasteiger charge is 2.13. The smallest absolute Gasteiger partial charge is 0.127 e. The Morgan fingerprint density at radius 1 is 1.33 bits per heavy atom. The summed E-state index contributed by atoms with van der Waals surface area (Å²) in [4.78, 5) is 0. The van der Waals surface area contributed by atoms with Crippen molar-refractivity contribution in [2.24, 2.45) is 0 Å². The first-order valence-electron chi connectivity index (χ1n) is 4.10. The topological polar surface area (TPSA) is 9.23 Å². The van der Waals surface area contributed by atoms with Crippen LogP contribution in [-0.2, 0) is 5.41 Å². The molecule has 0 unspecified atom stereocenters. The molecule has 1 rings (SSSR count). The Morgan fingerprint density at radius 2 is 2.00 bits per heavy atom. The van der Waals surface area contributed by atoms with Gasteiger partial charge in [0.25, 0.3) is 0 Å². The summed E-state index contributed by atoms with van der Waals surface area (Å²) in [5.41, 5.74) is 1.46. The minimum absolute atomic E-state index is 0.183. The first-order chi connectivity index (χ1) is 5.54. The molecule has 0 aromatic heterocycles. The molecular formula is C11H15O. The molecule has 0 aliphatic carbocycles. The third-order valence-corrected chi connectivity index (χ3v) is 1.86. The van der Waals surface area contributed by atoms with Crippen molar-refractivity contribution in [2.75, 3.05) is 7.11 Å². The van der Waals surface area contributed by atoms with Crippen LogP contribution in [0, 0.1) is 6.07 Å². The first kappa shape index (κ1) is 9.11. The van der Waals surface area contributed by atoms with Gasteiger partial charge in [-0.2, -0.15) is 0 Å². The molecule has 0 saturated heterocycles. The van der Waals surface area contributed by atoms with Gasteiger partial charge in [0.15, 0.2) is 0 Å². The molecule has 12 heavy (non-hydrogen) atoms. The fourth-order valence-corrected chi connectivity index (χ4v) is 1.03. The van der Waals surface area contributed by atoms with Crippen molar-refractivity contribution in [3.63, 3.8) is 0 Å². The summed E-state index contributed by atoms with van der Waals surface area (Å²) >= 11 is 0. The third-order valence-electron chi connectivity index (χ3n) is 1.86. The molecule has 1 aromatic rings. The Morgan fingerprint density at radius 3 is 2.50 bits per heavy atom. The van der Waals surface area contributed by atoms with Crippen molar-refractivity contribution in [2.45, 2.75) is 26.2 Å². The van der Waals surface area contributed by atoms with Crippen molar-refractivity contribution in [3.05, 3.63) is 29.8 Å². The second-order valence-electron chi connectivity index (χ2n) is 3.90. The summed E-state index contributed by atoms with van der Waals surface area (Å²) in [6, 6.07) is 9.01. The summed E-state index contributed by atoms with van der Waals surface area (Å²) in [5, 5.41) is 0. The summed E-state index contributed by atoms with van der Waals surface area (Å²) in [6.07, 6.45) is 0. The first-order valence-corrected chi connectivity index (χ1v) is 4.10. The Balaban J connectivity index is 3.02. The van der Waals surface area contributed by atoms with Gasteiger partial charge in [0.05, 0.1) is 7.11 Å². The minimum atomic E-state index is 0.183. The summed E-state index contributed by atoms with van der Waals surface area (Å²) in [6.45, 7) is 6.55. The van der Waals surface area contributed by atoms with E-state index < -0.39 is 0 Å². The highest BCUT2D eigenvalue weighted by molar-refractivity contribution is 5.31. The van der Waals surface area contributed by atoms with E-state index >= 15 is 0 Å². The van der Waals surface area contributed by atoms with Crippen LogP contribution >= 0.6 is 0 Å². The molecule has 0 amide bonds. The van der Waals surface area contributed by atoms with Crippen LogP contribution in [0.4, 0.5) is 0 Å². The summed E-state index contributed by atoms with van der Waals surface area (Å²) in [7, 11) is 1.66. The number of benzene rings is 1. The van der Waals surface area contributed by atoms with Crippen molar-refractivity contribution in [1.29, 1.82) is 0 Å². The minimum Gasteiger partial charge on any atom is -0.496 e. The van der Waals surface area contributed by atoms with E-state index in [0.717, 1.165) is 5.75 Å². The second-order valence-corrected chi connectivity index (χ2v) is 3.90. The van der Waals surface area contributed by atoms with Gasteiger partial charge in [0.2, 0.25) is 0 Å². The SMILES string of the molecule is COc1[c]ccc(C(C)(C)C)c1. The van der Waals surface area contributed by atoms with E-state index in [4.69, 9.17) is 4.74 Å². The lowest BCUT2D eigenvalue weighted by molar-refractivity contribution is 0.412. The molecule has 1 heteroatoms. The standard InChI is InChI=1S/C11H15O/c1-11(2,3)9-6-5-7-10(8-9)12-4/h5-6,8H,1-4H3. The van der Waals surface area contributed by atoms with E-state index in [1.165, 1.54) is 5.56 Å². The fraction of sp³-hybridized carbons (Fsp3) is 0.455. The highest BCUT2D eigenvalue weighted by Crippen LogP contribution is 2.24. The molecule has 0 aliphatic heterocycles. The van der Waals surface area contributed by atoms with Crippen molar-refractivity contribution in [3.8, 4) is 5.75 Å². The van der Waals surface area contributed by atoms with Crippen LogP contribution < -0.4 is 4.74 Å². The zero-order valence-electron chi connectivity index (χ0n) is 8.14. The van der Waals surface area contributed by atoms with Gasteiger partial charge < -0.3 is 4.74 Å². The zero-order chi connectivity index (χ0) is 9.19. The molecule has 1 aromatic carbocycles. The average Bonchev–Trinajstić information content (AvgIpc) is 2.03.